The highest BCUT2D eigenvalue weighted by atomic mass is 32.2. The quantitative estimate of drug-likeness (QED) is 0.530. The number of hydrogen-bond donors (Lipinski definition) is 1. The molecule has 6 heteroatoms. The number of carbonyl (C=O) groups excluding carboxylic acids is 1. The molecule has 0 atom stereocenters. The molecule has 3 rings (SSSR count). The average Bonchev–Trinajstić information content (AvgIpc) is 2.75. The number of rotatable bonds is 4. The lowest BCUT2D eigenvalue weighted by molar-refractivity contribution is -0.118. The summed E-state index contributed by atoms with van der Waals surface area (Å²) < 4.78 is 2.02. The number of thioether (sulfide) groups is 1. The molecule has 1 N–H and O–H groups in total. The zero-order valence-electron chi connectivity index (χ0n) is 13.4. The molecule has 1 amide bonds. The van der Waals surface area contributed by atoms with Gasteiger partial charge in [-0.05, 0) is 37.8 Å². The topological polar surface area (TPSA) is 59.3 Å². The first-order valence-electron chi connectivity index (χ1n) is 8.12. The molecule has 23 heavy (non-hydrogen) atoms. The molecule has 0 bridgehead atoms. The van der Waals surface area contributed by atoms with Crippen molar-refractivity contribution in [2.45, 2.75) is 43.7 Å². The number of hydrogen-bond acceptors (Lipinski definition) is 4. The third-order valence-corrected chi connectivity index (χ3v) is 5.13. The molecule has 1 fully saturated rings. The molecule has 1 aromatic carbocycles. The van der Waals surface area contributed by atoms with Crippen molar-refractivity contribution in [1.29, 1.82) is 0 Å². The Morgan fingerprint density at radius 1 is 1.26 bits per heavy atom. The van der Waals surface area contributed by atoms with E-state index in [-0.39, 0.29) is 5.91 Å². The van der Waals surface area contributed by atoms with Gasteiger partial charge in [0.2, 0.25) is 0 Å². The molecular formula is C17H22N4OS. The summed E-state index contributed by atoms with van der Waals surface area (Å²) in [5.74, 6) is 0.257. The molecule has 1 aromatic heterocycles. The number of carbonyl (C=O) groups is 1. The summed E-state index contributed by atoms with van der Waals surface area (Å²) in [6.45, 7) is 0. The number of hydrazone groups is 1. The van der Waals surface area contributed by atoms with Crippen molar-refractivity contribution in [3.05, 3.63) is 24.3 Å². The Bertz CT molecular complexity index is 712. The van der Waals surface area contributed by atoms with Crippen molar-refractivity contribution < 1.29 is 4.79 Å². The van der Waals surface area contributed by atoms with E-state index in [1.165, 1.54) is 37.4 Å². The van der Waals surface area contributed by atoms with Crippen molar-refractivity contribution in [3.8, 4) is 0 Å². The van der Waals surface area contributed by atoms with E-state index in [0.717, 1.165) is 34.7 Å². The highest BCUT2D eigenvalue weighted by Crippen LogP contribution is 2.22. The van der Waals surface area contributed by atoms with E-state index in [2.05, 4.69) is 15.5 Å². The van der Waals surface area contributed by atoms with E-state index in [1.807, 2.05) is 35.9 Å². The highest BCUT2D eigenvalue weighted by molar-refractivity contribution is 7.99. The van der Waals surface area contributed by atoms with Gasteiger partial charge in [0.15, 0.2) is 5.16 Å². The van der Waals surface area contributed by atoms with Gasteiger partial charge < -0.3 is 4.57 Å². The summed E-state index contributed by atoms with van der Waals surface area (Å²) in [4.78, 5) is 16.6. The summed E-state index contributed by atoms with van der Waals surface area (Å²) >= 11 is 1.44. The molecule has 1 heterocycles. The molecule has 0 unspecified atom stereocenters. The Morgan fingerprint density at radius 3 is 2.74 bits per heavy atom. The Morgan fingerprint density at radius 2 is 2.00 bits per heavy atom. The Balaban J connectivity index is 1.55. The van der Waals surface area contributed by atoms with Crippen LogP contribution in [0.1, 0.15) is 38.5 Å². The summed E-state index contributed by atoms with van der Waals surface area (Å²) in [5.41, 5.74) is 5.86. The minimum absolute atomic E-state index is 0.0706. The number of nitrogens with zero attached hydrogens (tertiary/aromatic N) is 3. The second kappa shape index (κ2) is 7.64. The van der Waals surface area contributed by atoms with Gasteiger partial charge in [0, 0.05) is 12.8 Å². The predicted molar refractivity (Wildman–Crippen MR) is 94.7 cm³/mol. The zero-order chi connectivity index (χ0) is 16.1. The predicted octanol–water partition coefficient (Wildman–Crippen LogP) is 3.49. The number of aryl methyl sites for hydroxylation is 1. The fourth-order valence-corrected chi connectivity index (χ4v) is 3.58. The van der Waals surface area contributed by atoms with Crippen molar-refractivity contribution in [3.63, 3.8) is 0 Å². The highest BCUT2D eigenvalue weighted by Gasteiger charge is 2.11. The Kier molecular flexibility index (Phi) is 5.33. The molecular weight excluding hydrogens is 308 g/mol. The van der Waals surface area contributed by atoms with Gasteiger partial charge in [0.05, 0.1) is 16.8 Å². The average molecular weight is 330 g/mol. The van der Waals surface area contributed by atoms with E-state index in [0.29, 0.717) is 5.75 Å². The number of imidazole rings is 1. The van der Waals surface area contributed by atoms with Crippen molar-refractivity contribution in [1.82, 2.24) is 15.0 Å². The molecule has 0 saturated heterocycles. The number of benzene rings is 1. The van der Waals surface area contributed by atoms with Crippen LogP contribution in [0.2, 0.25) is 0 Å². The Hall–Kier alpha value is -1.82. The first-order valence-corrected chi connectivity index (χ1v) is 9.11. The van der Waals surface area contributed by atoms with E-state index in [4.69, 9.17) is 0 Å². The number of fused-ring (bicyclic) bond motifs is 1. The van der Waals surface area contributed by atoms with Crippen LogP contribution in [0.15, 0.2) is 34.5 Å². The van der Waals surface area contributed by atoms with Crippen molar-refractivity contribution in [2.24, 2.45) is 12.1 Å². The monoisotopic (exact) mass is 330 g/mol. The van der Waals surface area contributed by atoms with Gasteiger partial charge in [0.1, 0.15) is 0 Å². The van der Waals surface area contributed by atoms with E-state index in [9.17, 15) is 4.79 Å². The second-order valence-corrected chi connectivity index (χ2v) is 6.80. The zero-order valence-corrected chi connectivity index (χ0v) is 14.2. The third kappa shape index (κ3) is 4.13. The van der Waals surface area contributed by atoms with E-state index in [1.54, 1.807) is 0 Å². The largest absolute Gasteiger partial charge is 0.322 e. The first kappa shape index (κ1) is 16.1. The van der Waals surface area contributed by atoms with Gasteiger partial charge in [-0.3, -0.25) is 4.79 Å². The van der Waals surface area contributed by atoms with Crippen molar-refractivity contribution >= 4 is 34.4 Å². The molecule has 0 spiro atoms. The number of amides is 1. The van der Waals surface area contributed by atoms with Gasteiger partial charge in [-0.1, -0.05) is 36.7 Å². The fraction of sp³-hybridized carbons (Fsp3) is 0.471. The van der Waals surface area contributed by atoms with Crippen molar-refractivity contribution in [2.75, 3.05) is 5.75 Å². The van der Waals surface area contributed by atoms with Gasteiger partial charge in [-0.2, -0.15) is 5.10 Å². The standard InChI is InChI=1S/C17H22N4OS/c1-21-15-11-7-6-10-14(15)18-17(21)23-12-16(22)20-19-13-8-4-2-3-5-9-13/h6-7,10-11H,2-5,8-9,12H2,1H3,(H,20,22). The maximum absolute atomic E-state index is 12.0. The van der Waals surface area contributed by atoms with Crippen LogP contribution < -0.4 is 5.43 Å². The Labute approximate surface area is 140 Å². The van der Waals surface area contributed by atoms with Crippen LogP contribution >= 0.6 is 11.8 Å². The van der Waals surface area contributed by atoms with Gasteiger partial charge in [-0.15, -0.1) is 0 Å². The lowest BCUT2D eigenvalue weighted by Gasteiger charge is -2.04. The maximum Gasteiger partial charge on any atom is 0.250 e. The minimum Gasteiger partial charge on any atom is -0.322 e. The fourth-order valence-electron chi connectivity index (χ4n) is 2.80. The summed E-state index contributed by atoms with van der Waals surface area (Å²) in [6, 6.07) is 7.98. The molecule has 1 saturated carbocycles. The van der Waals surface area contributed by atoms with Crippen LogP contribution in [-0.4, -0.2) is 26.9 Å². The van der Waals surface area contributed by atoms with Crippen LogP contribution in [0.4, 0.5) is 0 Å². The summed E-state index contributed by atoms with van der Waals surface area (Å²) in [7, 11) is 1.97. The maximum atomic E-state index is 12.0. The third-order valence-electron chi connectivity index (χ3n) is 4.10. The van der Waals surface area contributed by atoms with Gasteiger partial charge in [-0.25, -0.2) is 10.4 Å². The number of para-hydroxylation sites is 2. The van der Waals surface area contributed by atoms with Gasteiger partial charge >= 0.3 is 0 Å². The summed E-state index contributed by atoms with van der Waals surface area (Å²) in [5, 5.41) is 5.15. The van der Waals surface area contributed by atoms with Crippen LogP contribution in [0, 0.1) is 0 Å². The SMILES string of the molecule is Cn1c(SCC(=O)NN=C2CCCCCC2)nc2ccccc21. The smallest absolute Gasteiger partial charge is 0.250 e. The number of nitrogens with one attached hydrogen (secondary N) is 1. The van der Waals surface area contributed by atoms with Crippen LogP contribution in [0.5, 0.6) is 0 Å². The normalized spacial score (nSPS) is 15.4. The molecule has 1 aliphatic rings. The van der Waals surface area contributed by atoms with Gasteiger partial charge in [0.25, 0.3) is 5.91 Å². The molecule has 0 aliphatic heterocycles. The van der Waals surface area contributed by atoms with Crippen LogP contribution in [0.3, 0.4) is 0 Å². The van der Waals surface area contributed by atoms with E-state index >= 15 is 0 Å². The minimum atomic E-state index is -0.0706. The lowest BCUT2D eigenvalue weighted by Crippen LogP contribution is -2.21. The summed E-state index contributed by atoms with van der Waals surface area (Å²) in [6.07, 6.45) is 6.94. The second-order valence-electron chi connectivity index (χ2n) is 5.86. The number of aromatic nitrogens is 2. The molecule has 2 aromatic rings. The first-order chi connectivity index (χ1) is 11.2. The van der Waals surface area contributed by atoms with E-state index < -0.39 is 0 Å². The van der Waals surface area contributed by atoms with Crippen LogP contribution in [-0.2, 0) is 11.8 Å². The molecule has 122 valence electrons. The lowest BCUT2D eigenvalue weighted by atomic mass is 10.2. The molecule has 5 nitrogen and oxygen atoms in total. The molecule has 0 radical (unpaired) electrons. The van der Waals surface area contributed by atoms with Crippen LogP contribution in [0.25, 0.3) is 11.0 Å². The molecule has 1 aliphatic carbocycles.